The molecule has 2 saturated heterocycles. The molecule has 6 nitrogen and oxygen atoms in total. The fourth-order valence-corrected chi connectivity index (χ4v) is 4.98. The average molecular weight is 331 g/mol. The lowest BCUT2D eigenvalue weighted by Crippen LogP contribution is -2.51. The fourth-order valence-electron chi connectivity index (χ4n) is 3.20. The van der Waals surface area contributed by atoms with Crippen LogP contribution in [0.25, 0.3) is 0 Å². The first-order chi connectivity index (χ1) is 10.4. The molecular weight excluding hydrogens is 302 g/mol. The molecule has 1 amide bonds. The van der Waals surface area contributed by atoms with E-state index < -0.39 is 10.2 Å². The smallest absolute Gasteiger partial charge is 0.281 e. The topological polar surface area (TPSA) is 69.7 Å². The number of carbonyl (C=O) groups is 1. The largest absolute Gasteiger partial charge is 0.354 e. The van der Waals surface area contributed by atoms with Crippen molar-refractivity contribution in [2.24, 2.45) is 5.92 Å². The van der Waals surface area contributed by atoms with E-state index in [1.165, 1.54) is 4.31 Å². The van der Waals surface area contributed by atoms with E-state index in [-0.39, 0.29) is 17.9 Å². The highest BCUT2D eigenvalue weighted by Gasteiger charge is 2.35. The summed E-state index contributed by atoms with van der Waals surface area (Å²) in [4.78, 5) is 12.2. The molecule has 2 aliphatic heterocycles. The van der Waals surface area contributed by atoms with Crippen molar-refractivity contribution in [3.8, 4) is 0 Å². The van der Waals surface area contributed by atoms with Gasteiger partial charge in [-0.2, -0.15) is 17.0 Å². The molecule has 128 valence electrons. The Morgan fingerprint density at radius 2 is 1.59 bits per heavy atom. The van der Waals surface area contributed by atoms with Crippen molar-refractivity contribution in [1.82, 2.24) is 13.9 Å². The summed E-state index contributed by atoms with van der Waals surface area (Å²) in [5.41, 5.74) is 0. The highest BCUT2D eigenvalue weighted by Crippen LogP contribution is 2.23. The molecule has 1 N–H and O–H groups in total. The fraction of sp³-hybridized carbons (Fsp3) is 0.933. The molecule has 0 radical (unpaired) electrons. The van der Waals surface area contributed by atoms with Crippen molar-refractivity contribution >= 4 is 16.1 Å². The van der Waals surface area contributed by atoms with Crippen LogP contribution in [0.4, 0.5) is 0 Å². The minimum absolute atomic E-state index is 0.0224. The number of rotatable bonds is 4. The van der Waals surface area contributed by atoms with Crippen molar-refractivity contribution in [2.75, 3.05) is 26.2 Å². The van der Waals surface area contributed by atoms with Crippen LogP contribution in [-0.4, -0.2) is 55.2 Å². The number of hydrogen-bond donors (Lipinski definition) is 1. The molecule has 0 aromatic rings. The van der Waals surface area contributed by atoms with E-state index in [0.29, 0.717) is 26.2 Å². The maximum absolute atomic E-state index is 12.8. The highest BCUT2D eigenvalue weighted by atomic mass is 32.2. The number of piperidine rings is 1. The van der Waals surface area contributed by atoms with E-state index in [1.807, 2.05) is 13.8 Å². The molecule has 0 spiro atoms. The van der Waals surface area contributed by atoms with Gasteiger partial charge in [0.25, 0.3) is 10.2 Å². The number of carbonyl (C=O) groups excluding carboxylic acids is 1. The van der Waals surface area contributed by atoms with E-state index in [4.69, 9.17) is 0 Å². The maximum atomic E-state index is 12.8. The van der Waals surface area contributed by atoms with Gasteiger partial charge in [-0.3, -0.25) is 4.79 Å². The van der Waals surface area contributed by atoms with Gasteiger partial charge in [0.2, 0.25) is 5.91 Å². The lowest BCUT2D eigenvalue weighted by Gasteiger charge is -2.35. The summed E-state index contributed by atoms with van der Waals surface area (Å²) in [5, 5.41) is 2.90. The van der Waals surface area contributed by atoms with Crippen LogP contribution in [0.15, 0.2) is 0 Å². The summed E-state index contributed by atoms with van der Waals surface area (Å²) in [5.74, 6) is -0.247. The number of hydrogen-bond acceptors (Lipinski definition) is 3. The van der Waals surface area contributed by atoms with Crippen molar-refractivity contribution < 1.29 is 13.2 Å². The van der Waals surface area contributed by atoms with E-state index in [9.17, 15) is 13.2 Å². The zero-order chi connectivity index (χ0) is 16.2. The van der Waals surface area contributed by atoms with Crippen molar-refractivity contribution in [1.29, 1.82) is 0 Å². The maximum Gasteiger partial charge on any atom is 0.281 e. The zero-order valence-corrected chi connectivity index (χ0v) is 14.6. The van der Waals surface area contributed by atoms with Crippen molar-refractivity contribution in [3.05, 3.63) is 0 Å². The SMILES string of the molecule is CC(C)NC(=O)C1CCCN(S(=O)(=O)N2CCCCCC2)C1. The normalized spacial score (nSPS) is 25.9. The van der Waals surface area contributed by atoms with Gasteiger partial charge >= 0.3 is 0 Å². The molecule has 2 aliphatic rings. The summed E-state index contributed by atoms with van der Waals surface area (Å²) in [7, 11) is -3.42. The van der Waals surface area contributed by atoms with Gasteiger partial charge in [0.1, 0.15) is 0 Å². The minimum Gasteiger partial charge on any atom is -0.354 e. The van der Waals surface area contributed by atoms with E-state index in [1.54, 1.807) is 4.31 Å². The predicted octanol–water partition coefficient (Wildman–Crippen LogP) is 1.34. The van der Waals surface area contributed by atoms with Crippen molar-refractivity contribution in [2.45, 2.75) is 58.4 Å². The van der Waals surface area contributed by atoms with Crippen LogP contribution in [0.1, 0.15) is 52.4 Å². The summed E-state index contributed by atoms with van der Waals surface area (Å²) in [6.07, 6.45) is 5.60. The van der Waals surface area contributed by atoms with E-state index >= 15 is 0 Å². The van der Waals surface area contributed by atoms with Crippen LogP contribution in [0.3, 0.4) is 0 Å². The summed E-state index contributed by atoms with van der Waals surface area (Å²) in [6, 6.07) is 0.0880. The second-order valence-electron chi connectivity index (χ2n) is 6.68. The molecule has 2 fully saturated rings. The van der Waals surface area contributed by atoms with Crippen LogP contribution in [0.5, 0.6) is 0 Å². The van der Waals surface area contributed by atoms with Gasteiger partial charge < -0.3 is 5.32 Å². The lowest BCUT2D eigenvalue weighted by atomic mass is 9.98. The molecule has 2 heterocycles. The van der Waals surface area contributed by atoms with Gasteiger partial charge in [-0.05, 0) is 39.5 Å². The molecule has 7 heteroatoms. The molecule has 22 heavy (non-hydrogen) atoms. The molecule has 1 atom stereocenters. The Hall–Kier alpha value is -0.660. The summed E-state index contributed by atoms with van der Waals surface area (Å²) < 4.78 is 28.7. The molecule has 2 rings (SSSR count). The molecule has 0 aliphatic carbocycles. The quantitative estimate of drug-likeness (QED) is 0.845. The van der Waals surface area contributed by atoms with Crippen LogP contribution < -0.4 is 5.32 Å². The first-order valence-corrected chi connectivity index (χ1v) is 9.86. The van der Waals surface area contributed by atoms with E-state index in [2.05, 4.69) is 5.32 Å². The lowest BCUT2D eigenvalue weighted by molar-refractivity contribution is -0.126. The third kappa shape index (κ3) is 4.43. The van der Waals surface area contributed by atoms with Gasteiger partial charge in [-0.25, -0.2) is 0 Å². The summed E-state index contributed by atoms with van der Waals surface area (Å²) in [6.45, 7) is 5.92. The zero-order valence-electron chi connectivity index (χ0n) is 13.8. The second-order valence-corrected chi connectivity index (χ2v) is 8.61. The highest BCUT2D eigenvalue weighted by molar-refractivity contribution is 7.86. The van der Waals surface area contributed by atoms with Crippen molar-refractivity contribution in [3.63, 3.8) is 0 Å². The molecule has 0 saturated carbocycles. The number of nitrogens with zero attached hydrogens (tertiary/aromatic N) is 2. The second kappa shape index (κ2) is 7.75. The van der Waals surface area contributed by atoms with Crippen LogP contribution in [-0.2, 0) is 15.0 Å². The molecule has 0 aromatic carbocycles. The van der Waals surface area contributed by atoms with Gasteiger partial charge in [0, 0.05) is 32.2 Å². The van der Waals surface area contributed by atoms with Crippen LogP contribution in [0.2, 0.25) is 0 Å². The Morgan fingerprint density at radius 3 is 2.18 bits per heavy atom. The molecule has 1 unspecified atom stereocenters. The molecular formula is C15H29N3O3S. The Balaban J connectivity index is 2.02. The Morgan fingerprint density at radius 1 is 1.00 bits per heavy atom. The van der Waals surface area contributed by atoms with Gasteiger partial charge in [-0.15, -0.1) is 0 Å². The third-order valence-corrected chi connectivity index (χ3v) is 6.41. The molecule has 0 aromatic heterocycles. The van der Waals surface area contributed by atoms with E-state index in [0.717, 1.165) is 38.5 Å². The first kappa shape index (κ1) is 17.7. The Labute approximate surface area is 134 Å². The van der Waals surface area contributed by atoms with Gasteiger partial charge in [0.15, 0.2) is 0 Å². The van der Waals surface area contributed by atoms with Gasteiger partial charge in [-0.1, -0.05) is 12.8 Å². The molecule has 0 bridgehead atoms. The Bertz CT molecular complexity index is 470. The minimum atomic E-state index is -3.42. The van der Waals surface area contributed by atoms with Crippen LogP contribution >= 0.6 is 0 Å². The standard InChI is InChI=1S/C15H29N3O3S/c1-13(2)16-15(19)14-8-7-11-18(12-14)22(20,21)17-9-5-3-4-6-10-17/h13-14H,3-12H2,1-2H3,(H,16,19). The number of nitrogens with one attached hydrogen (secondary N) is 1. The van der Waals surface area contributed by atoms with Gasteiger partial charge in [0.05, 0.1) is 5.92 Å². The predicted molar refractivity (Wildman–Crippen MR) is 86.5 cm³/mol. The van der Waals surface area contributed by atoms with Crippen LogP contribution in [0, 0.1) is 5.92 Å². The third-order valence-electron chi connectivity index (χ3n) is 4.40. The summed E-state index contributed by atoms with van der Waals surface area (Å²) >= 11 is 0. The monoisotopic (exact) mass is 331 g/mol. The average Bonchev–Trinajstić information content (AvgIpc) is 2.76. The Kier molecular flexibility index (Phi) is 6.23. The number of amides is 1. The first-order valence-electron chi connectivity index (χ1n) is 8.47.